The quantitative estimate of drug-likeness (QED) is 0.172. The summed E-state index contributed by atoms with van der Waals surface area (Å²) in [5.74, 6) is 1.81. The number of para-hydroxylation sites is 1. The summed E-state index contributed by atoms with van der Waals surface area (Å²) >= 11 is 0. The summed E-state index contributed by atoms with van der Waals surface area (Å²) in [5, 5.41) is 4.34. The summed E-state index contributed by atoms with van der Waals surface area (Å²) in [5.41, 5.74) is 12.0. The van der Waals surface area contributed by atoms with Gasteiger partial charge in [-0.15, -0.1) is 0 Å². The summed E-state index contributed by atoms with van der Waals surface area (Å²) in [6.45, 7) is 0. The highest BCUT2D eigenvalue weighted by molar-refractivity contribution is 6.20. The lowest BCUT2D eigenvalue weighted by Crippen LogP contribution is -2.00. The Morgan fingerprint density at radius 1 is 0.357 bits per heavy atom. The fraction of sp³-hybridized carbons (Fsp3) is 0. The number of furan rings is 1. The SMILES string of the molecule is c1ccc(-c2ccc3c(c2)c2ccccc2n3-c2ccc(-c3ccccc3)c3c2oc2cccc(-c4nc(-c5ccccc5)nc(-c5ccccc5)n4)c23)cc1. The van der Waals surface area contributed by atoms with E-state index >= 15 is 0 Å². The Labute approximate surface area is 322 Å². The minimum absolute atomic E-state index is 0.584. The van der Waals surface area contributed by atoms with Crippen LogP contribution < -0.4 is 0 Å². The fourth-order valence-corrected chi connectivity index (χ4v) is 8.10. The maximum Gasteiger partial charge on any atom is 0.164 e. The molecule has 0 aliphatic carbocycles. The van der Waals surface area contributed by atoms with Crippen molar-refractivity contribution in [2.75, 3.05) is 0 Å². The van der Waals surface area contributed by atoms with Gasteiger partial charge in [0.1, 0.15) is 5.58 Å². The highest BCUT2D eigenvalue weighted by atomic mass is 16.3. The van der Waals surface area contributed by atoms with E-state index in [0.29, 0.717) is 17.5 Å². The molecule has 0 saturated heterocycles. The predicted octanol–water partition coefficient (Wildman–Crippen LogP) is 13.2. The lowest BCUT2D eigenvalue weighted by Gasteiger charge is -2.13. The van der Waals surface area contributed by atoms with Crippen molar-refractivity contribution in [3.63, 3.8) is 0 Å². The molecule has 56 heavy (non-hydrogen) atoms. The van der Waals surface area contributed by atoms with Crippen molar-refractivity contribution in [2.45, 2.75) is 0 Å². The number of fused-ring (bicyclic) bond motifs is 6. The molecule has 3 aromatic heterocycles. The van der Waals surface area contributed by atoms with Crippen molar-refractivity contribution >= 4 is 43.7 Å². The molecule has 8 aromatic carbocycles. The highest BCUT2D eigenvalue weighted by Gasteiger charge is 2.24. The number of nitrogens with zero attached hydrogens (tertiary/aromatic N) is 4. The monoisotopic (exact) mass is 716 g/mol. The van der Waals surface area contributed by atoms with Crippen molar-refractivity contribution in [1.29, 1.82) is 0 Å². The van der Waals surface area contributed by atoms with Gasteiger partial charge in [-0.1, -0.05) is 164 Å². The minimum atomic E-state index is 0.584. The van der Waals surface area contributed by atoms with Gasteiger partial charge in [0.25, 0.3) is 0 Å². The summed E-state index contributed by atoms with van der Waals surface area (Å²) in [7, 11) is 0. The lowest BCUT2D eigenvalue weighted by atomic mass is 9.96. The van der Waals surface area contributed by atoms with E-state index in [1.807, 2.05) is 72.8 Å². The third kappa shape index (κ3) is 5.21. The third-order valence-electron chi connectivity index (χ3n) is 10.7. The highest BCUT2D eigenvalue weighted by Crippen LogP contribution is 2.45. The molecule has 0 atom stereocenters. The Kier molecular flexibility index (Phi) is 7.42. The van der Waals surface area contributed by atoms with E-state index in [9.17, 15) is 0 Å². The van der Waals surface area contributed by atoms with Gasteiger partial charge in [0, 0.05) is 38.2 Å². The average Bonchev–Trinajstić information content (AvgIpc) is 3.84. The van der Waals surface area contributed by atoms with Gasteiger partial charge in [0.2, 0.25) is 0 Å². The lowest BCUT2D eigenvalue weighted by molar-refractivity contribution is 0.666. The van der Waals surface area contributed by atoms with Crippen LogP contribution in [0.3, 0.4) is 0 Å². The molecule has 5 heteroatoms. The predicted molar refractivity (Wildman–Crippen MR) is 229 cm³/mol. The number of rotatable bonds is 6. The topological polar surface area (TPSA) is 56.7 Å². The van der Waals surface area contributed by atoms with E-state index in [2.05, 4.69) is 126 Å². The smallest absolute Gasteiger partial charge is 0.164 e. The Bertz CT molecular complexity index is 3170. The van der Waals surface area contributed by atoms with Gasteiger partial charge in [0.15, 0.2) is 23.1 Å². The molecule has 11 rings (SSSR count). The van der Waals surface area contributed by atoms with Gasteiger partial charge in [-0.2, -0.15) is 0 Å². The summed E-state index contributed by atoms with van der Waals surface area (Å²) in [6, 6.07) is 67.3. The molecule has 5 nitrogen and oxygen atoms in total. The molecule has 0 aliphatic heterocycles. The van der Waals surface area contributed by atoms with Crippen molar-refractivity contribution in [3.05, 3.63) is 194 Å². The molecule has 0 unspecified atom stereocenters. The van der Waals surface area contributed by atoms with E-state index < -0.39 is 0 Å². The van der Waals surface area contributed by atoms with Crippen LogP contribution in [0.2, 0.25) is 0 Å². The van der Waals surface area contributed by atoms with Gasteiger partial charge in [-0.05, 0) is 52.6 Å². The second-order valence-corrected chi connectivity index (χ2v) is 14.0. The average molecular weight is 717 g/mol. The third-order valence-corrected chi connectivity index (χ3v) is 10.7. The van der Waals surface area contributed by atoms with Crippen LogP contribution >= 0.6 is 0 Å². The molecule has 262 valence electrons. The van der Waals surface area contributed by atoms with Crippen LogP contribution in [0.5, 0.6) is 0 Å². The summed E-state index contributed by atoms with van der Waals surface area (Å²) in [4.78, 5) is 15.3. The minimum Gasteiger partial charge on any atom is -0.454 e. The van der Waals surface area contributed by atoms with E-state index in [1.165, 1.54) is 21.9 Å². The van der Waals surface area contributed by atoms with Crippen LogP contribution in [-0.2, 0) is 0 Å². The normalized spacial score (nSPS) is 11.6. The van der Waals surface area contributed by atoms with Crippen LogP contribution in [0.1, 0.15) is 0 Å². The Hall–Kier alpha value is -7.63. The fourth-order valence-electron chi connectivity index (χ4n) is 8.10. The molecule has 0 amide bonds. The summed E-state index contributed by atoms with van der Waals surface area (Å²) < 4.78 is 9.41. The van der Waals surface area contributed by atoms with E-state index in [4.69, 9.17) is 19.4 Å². The molecule has 0 spiro atoms. The second kappa shape index (κ2) is 13.0. The largest absolute Gasteiger partial charge is 0.454 e. The zero-order valence-electron chi connectivity index (χ0n) is 30.2. The van der Waals surface area contributed by atoms with Gasteiger partial charge in [-0.3, -0.25) is 0 Å². The maximum absolute atomic E-state index is 7.06. The number of hydrogen-bond acceptors (Lipinski definition) is 4. The van der Waals surface area contributed by atoms with Crippen molar-refractivity contribution < 1.29 is 4.42 Å². The van der Waals surface area contributed by atoms with E-state index in [0.717, 1.165) is 66.5 Å². The first-order chi connectivity index (χ1) is 27.8. The Morgan fingerprint density at radius 2 is 0.929 bits per heavy atom. The van der Waals surface area contributed by atoms with Crippen LogP contribution in [0.15, 0.2) is 199 Å². The van der Waals surface area contributed by atoms with Gasteiger partial charge in [-0.25, -0.2) is 15.0 Å². The molecule has 0 aliphatic rings. The summed E-state index contributed by atoms with van der Waals surface area (Å²) in [6.07, 6.45) is 0. The van der Waals surface area contributed by atoms with Gasteiger partial charge in [0.05, 0.1) is 16.7 Å². The molecule has 0 bridgehead atoms. The van der Waals surface area contributed by atoms with Crippen LogP contribution in [0.25, 0.3) is 106 Å². The number of benzene rings is 8. The maximum atomic E-state index is 7.06. The molecule has 0 N–H and O–H groups in total. The molecule has 3 heterocycles. The van der Waals surface area contributed by atoms with Crippen LogP contribution in [0, 0.1) is 0 Å². The van der Waals surface area contributed by atoms with Crippen molar-refractivity contribution in [1.82, 2.24) is 19.5 Å². The molecular formula is C51H32N4O. The molecule has 11 aromatic rings. The molecule has 0 fully saturated rings. The van der Waals surface area contributed by atoms with Crippen LogP contribution in [0.4, 0.5) is 0 Å². The van der Waals surface area contributed by atoms with Crippen molar-refractivity contribution in [2.24, 2.45) is 0 Å². The van der Waals surface area contributed by atoms with E-state index in [1.54, 1.807) is 0 Å². The Balaban J connectivity index is 1.22. The molecular weight excluding hydrogens is 685 g/mol. The van der Waals surface area contributed by atoms with E-state index in [-0.39, 0.29) is 0 Å². The number of hydrogen-bond donors (Lipinski definition) is 0. The number of aromatic nitrogens is 4. The standard InChI is InChI=1S/C51H32N4O/c1-5-16-33(17-6-1)37-28-30-43-41(32-37)39-24-13-14-26-42(39)55(43)44-31-29-38(34-18-7-2-8-19-34)47-46-40(25-15-27-45(46)56-48(44)47)51-53-49(35-20-9-3-10-21-35)52-50(54-51)36-22-11-4-12-23-36/h1-32H. The van der Waals surface area contributed by atoms with Gasteiger partial charge >= 0.3 is 0 Å². The molecule has 0 saturated carbocycles. The first kappa shape index (κ1) is 31.9. The zero-order valence-corrected chi connectivity index (χ0v) is 30.2. The Morgan fingerprint density at radius 3 is 1.61 bits per heavy atom. The zero-order chi connectivity index (χ0) is 37.0. The van der Waals surface area contributed by atoms with Gasteiger partial charge < -0.3 is 8.98 Å². The second-order valence-electron chi connectivity index (χ2n) is 14.0. The van der Waals surface area contributed by atoms with Crippen molar-refractivity contribution in [3.8, 4) is 62.1 Å². The molecule has 0 radical (unpaired) electrons. The first-order valence-corrected chi connectivity index (χ1v) is 18.8. The van der Waals surface area contributed by atoms with Crippen LogP contribution in [-0.4, -0.2) is 19.5 Å². The first-order valence-electron chi connectivity index (χ1n) is 18.8.